The van der Waals surface area contributed by atoms with E-state index in [9.17, 15) is 0 Å². The van der Waals surface area contributed by atoms with Crippen LogP contribution in [0.5, 0.6) is 0 Å². The molecular formula is C9H9BrN6OS. The quantitative estimate of drug-likeness (QED) is 0.380. The van der Waals surface area contributed by atoms with Crippen molar-refractivity contribution >= 4 is 33.5 Å². The van der Waals surface area contributed by atoms with Crippen LogP contribution in [-0.4, -0.2) is 31.3 Å². The average molecular weight is 329 g/mol. The van der Waals surface area contributed by atoms with Crippen LogP contribution in [0.2, 0.25) is 0 Å². The predicted molar refractivity (Wildman–Crippen MR) is 69.6 cm³/mol. The Labute approximate surface area is 115 Å². The van der Waals surface area contributed by atoms with E-state index in [2.05, 4.69) is 36.6 Å². The van der Waals surface area contributed by atoms with Crippen LogP contribution in [0.15, 0.2) is 37.9 Å². The summed E-state index contributed by atoms with van der Waals surface area (Å²) in [7, 11) is 1.74. The van der Waals surface area contributed by atoms with Gasteiger partial charge in [-0.2, -0.15) is 0 Å². The Morgan fingerprint density at radius 2 is 2.33 bits per heavy atom. The zero-order valence-corrected chi connectivity index (χ0v) is 11.7. The summed E-state index contributed by atoms with van der Waals surface area (Å²) in [5.74, 6) is 0.0360. The summed E-state index contributed by atoms with van der Waals surface area (Å²) in [5.41, 5.74) is 6.25. The zero-order valence-electron chi connectivity index (χ0n) is 9.28. The molecule has 0 bridgehead atoms. The number of nitrogens with two attached hydrogens (primary N) is 1. The summed E-state index contributed by atoms with van der Waals surface area (Å²) in [4.78, 5) is 0.798. The van der Waals surface area contributed by atoms with Gasteiger partial charge in [0.2, 0.25) is 5.16 Å². The van der Waals surface area contributed by atoms with Gasteiger partial charge in [-0.15, -0.1) is 5.10 Å². The Kier molecular flexibility index (Phi) is 3.82. The Morgan fingerprint density at radius 1 is 1.56 bits per heavy atom. The number of benzene rings is 1. The van der Waals surface area contributed by atoms with Crippen molar-refractivity contribution in [2.24, 2.45) is 17.9 Å². The maximum atomic E-state index is 8.78. The number of halogens is 1. The summed E-state index contributed by atoms with van der Waals surface area (Å²) >= 11 is 4.67. The van der Waals surface area contributed by atoms with Crippen LogP contribution in [0.3, 0.4) is 0 Å². The van der Waals surface area contributed by atoms with Gasteiger partial charge in [0.05, 0.1) is 0 Å². The van der Waals surface area contributed by atoms with Crippen molar-refractivity contribution in [2.75, 3.05) is 0 Å². The molecule has 0 spiro atoms. The van der Waals surface area contributed by atoms with Gasteiger partial charge in [-0.25, -0.2) is 4.68 Å². The van der Waals surface area contributed by atoms with Gasteiger partial charge in [0, 0.05) is 22.0 Å². The van der Waals surface area contributed by atoms with E-state index in [1.54, 1.807) is 17.8 Å². The Hall–Kier alpha value is -1.61. The molecule has 0 aliphatic carbocycles. The zero-order chi connectivity index (χ0) is 13.1. The van der Waals surface area contributed by atoms with Crippen molar-refractivity contribution in [1.82, 2.24) is 20.2 Å². The van der Waals surface area contributed by atoms with Crippen molar-refractivity contribution in [3.63, 3.8) is 0 Å². The van der Waals surface area contributed by atoms with Gasteiger partial charge in [0.1, 0.15) is 0 Å². The highest BCUT2D eigenvalue weighted by molar-refractivity contribution is 9.10. The lowest BCUT2D eigenvalue weighted by Crippen LogP contribution is -2.14. The minimum absolute atomic E-state index is 0.0360. The van der Waals surface area contributed by atoms with Gasteiger partial charge in [0.15, 0.2) is 5.84 Å². The molecule has 0 saturated heterocycles. The highest BCUT2D eigenvalue weighted by atomic mass is 79.9. The van der Waals surface area contributed by atoms with E-state index in [1.165, 1.54) is 11.8 Å². The lowest BCUT2D eigenvalue weighted by atomic mass is 10.2. The first-order valence-corrected chi connectivity index (χ1v) is 6.40. The number of aromatic nitrogens is 4. The van der Waals surface area contributed by atoms with Crippen LogP contribution < -0.4 is 5.73 Å². The number of tetrazole rings is 1. The molecule has 0 aliphatic rings. The molecule has 0 aliphatic heterocycles. The van der Waals surface area contributed by atoms with E-state index in [0.717, 1.165) is 9.37 Å². The van der Waals surface area contributed by atoms with Crippen LogP contribution >= 0.6 is 27.7 Å². The molecule has 18 heavy (non-hydrogen) atoms. The highest BCUT2D eigenvalue weighted by Gasteiger charge is 2.12. The molecule has 0 atom stereocenters. The summed E-state index contributed by atoms with van der Waals surface area (Å²) in [5, 5.41) is 23.6. The molecule has 0 saturated carbocycles. The smallest absolute Gasteiger partial charge is 0.213 e. The fraction of sp³-hybridized carbons (Fsp3) is 0.111. The normalized spacial score (nSPS) is 11.8. The number of aryl methyl sites for hydroxylation is 1. The van der Waals surface area contributed by atoms with Gasteiger partial charge in [0.25, 0.3) is 0 Å². The molecule has 0 unspecified atom stereocenters. The topological polar surface area (TPSA) is 102 Å². The molecule has 9 heteroatoms. The summed E-state index contributed by atoms with van der Waals surface area (Å²) in [6, 6.07) is 5.47. The highest BCUT2D eigenvalue weighted by Crippen LogP contribution is 2.30. The molecule has 1 heterocycles. The first-order valence-electron chi connectivity index (χ1n) is 4.79. The maximum absolute atomic E-state index is 8.78. The predicted octanol–water partition coefficient (Wildman–Crippen LogP) is 1.22. The molecule has 7 nitrogen and oxygen atoms in total. The maximum Gasteiger partial charge on any atom is 0.213 e. The first kappa shape index (κ1) is 12.8. The van der Waals surface area contributed by atoms with Gasteiger partial charge in [-0.05, 0) is 40.4 Å². The standard InChI is InChI=1S/C9H9BrN6OS/c1-16-9(12-14-15-16)18-7-3-2-5(10)4-6(7)8(11)13-17/h2-4,17H,1H3,(H2,11,13). The average Bonchev–Trinajstić information content (AvgIpc) is 2.76. The van der Waals surface area contributed by atoms with E-state index in [0.29, 0.717) is 10.7 Å². The summed E-state index contributed by atoms with van der Waals surface area (Å²) in [6.07, 6.45) is 0. The molecule has 2 aromatic rings. The second-order valence-electron chi connectivity index (χ2n) is 3.31. The van der Waals surface area contributed by atoms with Crippen molar-refractivity contribution in [3.05, 3.63) is 28.2 Å². The third kappa shape index (κ3) is 2.62. The van der Waals surface area contributed by atoms with Crippen LogP contribution in [0.1, 0.15) is 5.56 Å². The molecule has 0 amide bonds. The number of amidine groups is 1. The lowest BCUT2D eigenvalue weighted by Gasteiger charge is -2.07. The van der Waals surface area contributed by atoms with Crippen LogP contribution in [0.4, 0.5) is 0 Å². The molecule has 1 aromatic carbocycles. The van der Waals surface area contributed by atoms with Crippen LogP contribution in [0.25, 0.3) is 0 Å². The lowest BCUT2D eigenvalue weighted by molar-refractivity contribution is 0.318. The third-order valence-electron chi connectivity index (χ3n) is 2.11. The van der Waals surface area contributed by atoms with Crippen molar-refractivity contribution in [3.8, 4) is 0 Å². The van der Waals surface area contributed by atoms with Crippen LogP contribution in [-0.2, 0) is 7.05 Å². The van der Waals surface area contributed by atoms with E-state index in [1.807, 2.05) is 12.1 Å². The minimum atomic E-state index is 0.0360. The van der Waals surface area contributed by atoms with E-state index < -0.39 is 0 Å². The van der Waals surface area contributed by atoms with Crippen molar-refractivity contribution in [2.45, 2.75) is 10.1 Å². The van der Waals surface area contributed by atoms with Gasteiger partial charge in [-0.1, -0.05) is 21.1 Å². The second-order valence-corrected chi connectivity index (χ2v) is 5.24. The fourth-order valence-corrected chi connectivity index (χ4v) is 2.46. The number of oxime groups is 1. The fourth-order valence-electron chi connectivity index (χ4n) is 1.25. The molecule has 94 valence electrons. The number of hydrogen-bond acceptors (Lipinski definition) is 6. The summed E-state index contributed by atoms with van der Waals surface area (Å²) < 4.78 is 2.38. The first-order chi connectivity index (χ1) is 8.61. The molecular weight excluding hydrogens is 320 g/mol. The molecule has 0 radical (unpaired) electrons. The monoisotopic (exact) mass is 328 g/mol. The third-order valence-corrected chi connectivity index (χ3v) is 3.71. The van der Waals surface area contributed by atoms with E-state index in [-0.39, 0.29) is 5.84 Å². The van der Waals surface area contributed by atoms with E-state index >= 15 is 0 Å². The largest absolute Gasteiger partial charge is 0.409 e. The SMILES string of the molecule is Cn1nnnc1Sc1ccc(Br)cc1/C(N)=N/O. The van der Waals surface area contributed by atoms with Crippen molar-refractivity contribution in [1.29, 1.82) is 0 Å². The van der Waals surface area contributed by atoms with Gasteiger partial charge < -0.3 is 10.9 Å². The molecule has 1 aromatic heterocycles. The summed E-state index contributed by atoms with van der Waals surface area (Å²) in [6.45, 7) is 0. The number of rotatable bonds is 3. The molecule has 0 fully saturated rings. The Morgan fingerprint density at radius 3 is 2.94 bits per heavy atom. The number of nitrogens with zero attached hydrogens (tertiary/aromatic N) is 5. The second kappa shape index (κ2) is 5.36. The Bertz CT molecular complexity index is 598. The Balaban J connectivity index is 2.42. The van der Waals surface area contributed by atoms with Gasteiger partial charge >= 0.3 is 0 Å². The molecule has 3 N–H and O–H groups in total. The van der Waals surface area contributed by atoms with Crippen LogP contribution in [0, 0.1) is 0 Å². The minimum Gasteiger partial charge on any atom is -0.409 e. The molecule has 2 rings (SSSR count). The van der Waals surface area contributed by atoms with E-state index in [4.69, 9.17) is 10.9 Å². The van der Waals surface area contributed by atoms with Crippen molar-refractivity contribution < 1.29 is 5.21 Å². The van der Waals surface area contributed by atoms with Gasteiger partial charge in [-0.3, -0.25) is 0 Å². The number of hydrogen-bond donors (Lipinski definition) is 2.